The Morgan fingerprint density at radius 1 is 1.50 bits per heavy atom. The topological polar surface area (TPSA) is 117 Å². The lowest BCUT2D eigenvalue weighted by Crippen LogP contribution is -2.39. The van der Waals surface area contributed by atoms with E-state index >= 15 is 0 Å². The molecule has 0 radical (unpaired) electrons. The Kier molecular flexibility index (Phi) is 5.62. The minimum atomic E-state index is -0.907. The smallest absolute Gasteiger partial charge is 0.315 e. The van der Waals surface area contributed by atoms with Gasteiger partial charge < -0.3 is 20.3 Å². The summed E-state index contributed by atoms with van der Waals surface area (Å²) in [5.74, 6) is -1.12. The summed E-state index contributed by atoms with van der Waals surface area (Å²) in [5, 5.41) is 17.4. The highest BCUT2D eigenvalue weighted by Crippen LogP contribution is 2.04. The molecule has 0 saturated carbocycles. The molecule has 0 fully saturated rings. The fourth-order valence-corrected chi connectivity index (χ4v) is 1.37. The molecule has 2 amide bonds. The van der Waals surface area contributed by atoms with Gasteiger partial charge in [0.1, 0.15) is 0 Å². The van der Waals surface area contributed by atoms with E-state index in [9.17, 15) is 9.59 Å². The Morgan fingerprint density at radius 3 is 2.83 bits per heavy atom. The van der Waals surface area contributed by atoms with Crippen molar-refractivity contribution < 1.29 is 19.2 Å². The van der Waals surface area contributed by atoms with E-state index in [1.807, 2.05) is 6.92 Å². The number of carbonyl (C=O) groups is 2. The van der Waals surface area contributed by atoms with Gasteiger partial charge in [-0.15, -0.1) is 0 Å². The number of hydrogen-bond donors (Lipinski definition) is 3. The monoisotopic (exact) mass is 256 g/mol. The zero-order valence-electron chi connectivity index (χ0n) is 10.0. The standard InChI is InChI=1S/C10H16N4O4/c1-2-3-7(9(15)16)4-11-10(17)12-5-8-13-6-18-14-8/h6-7H,2-5H2,1H3,(H,15,16)(H2,11,12,17). The van der Waals surface area contributed by atoms with Crippen molar-refractivity contribution in [1.29, 1.82) is 0 Å². The lowest BCUT2D eigenvalue weighted by Gasteiger charge is -2.12. The number of nitrogens with one attached hydrogen (secondary N) is 2. The maximum Gasteiger partial charge on any atom is 0.315 e. The molecule has 3 N–H and O–H groups in total. The molecule has 0 aromatic carbocycles. The number of urea groups is 1. The van der Waals surface area contributed by atoms with Crippen LogP contribution < -0.4 is 10.6 Å². The highest BCUT2D eigenvalue weighted by Gasteiger charge is 2.17. The molecule has 0 aliphatic carbocycles. The molecule has 0 aliphatic rings. The molecule has 1 unspecified atom stereocenters. The maximum atomic E-state index is 11.4. The van der Waals surface area contributed by atoms with Crippen molar-refractivity contribution >= 4 is 12.0 Å². The van der Waals surface area contributed by atoms with E-state index < -0.39 is 17.9 Å². The first kappa shape index (κ1) is 13.9. The molecule has 1 aromatic heterocycles. The predicted molar refractivity (Wildman–Crippen MR) is 60.6 cm³/mol. The molecule has 1 aromatic rings. The van der Waals surface area contributed by atoms with Crippen LogP contribution in [0.5, 0.6) is 0 Å². The van der Waals surface area contributed by atoms with Gasteiger partial charge in [-0.3, -0.25) is 4.79 Å². The third kappa shape index (κ3) is 4.81. The normalized spacial score (nSPS) is 11.8. The summed E-state index contributed by atoms with van der Waals surface area (Å²) >= 11 is 0. The number of nitrogens with zero attached hydrogens (tertiary/aromatic N) is 2. The first-order valence-electron chi connectivity index (χ1n) is 5.63. The van der Waals surface area contributed by atoms with E-state index in [0.717, 1.165) is 12.8 Å². The number of amides is 2. The van der Waals surface area contributed by atoms with E-state index in [0.29, 0.717) is 12.2 Å². The Bertz CT molecular complexity index is 379. The largest absolute Gasteiger partial charge is 0.481 e. The molecule has 8 heteroatoms. The van der Waals surface area contributed by atoms with Crippen molar-refractivity contribution in [2.75, 3.05) is 6.54 Å². The molecule has 8 nitrogen and oxygen atoms in total. The summed E-state index contributed by atoms with van der Waals surface area (Å²) in [6.07, 6.45) is 2.44. The van der Waals surface area contributed by atoms with Gasteiger partial charge >= 0.3 is 12.0 Å². The average Bonchev–Trinajstić information content (AvgIpc) is 2.84. The number of carbonyl (C=O) groups excluding carboxylic acids is 1. The second-order valence-corrected chi connectivity index (χ2v) is 3.73. The molecular formula is C10H16N4O4. The van der Waals surface area contributed by atoms with Gasteiger partial charge in [0.2, 0.25) is 6.39 Å². The molecule has 0 bridgehead atoms. The number of carboxylic acid groups (broad SMARTS) is 1. The molecule has 0 saturated heterocycles. The van der Waals surface area contributed by atoms with Crippen molar-refractivity contribution in [1.82, 2.24) is 20.8 Å². The first-order valence-corrected chi connectivity index (χ1v) is 5.63. The van der Waals surface area contributed by atoms with Crippen LogP contribution in [-0.4, -0.2) is 33.8 Å². The molecule has 0 aliphatic heterocycles. The minimum absolute atomic E-state index is 0.0985. The van der Waals surface area contributed by atoms with Crippen molar-refractivity contribution in [3.63, 3.8) is 0 Å². The quantitative estimate of drug-likeness (QED) is 0.648. The first-order chi connectivity index (χ1) is 8.63. The fraction of sp³-hybridized carbons (Fsp3) is 0.600. The van der Waals surface area contributed by atoms with Gasteiger partial charge in [-0.1, -0.05) is 18.5 Å². The summed E-state index contributed by atoms with van der Waals surface area (Å²) in [6, 6.07) is -0.456. The number of rotatable bonds is 7. The lowest BCUT2D eigenvalue weighted by atomic mass is 10.0. The zero-order valence-corrected chi connectivity index (χ0v) is 10.0. The van der Waals surface area contributed by atoms with Crippen LogP contribution in [0.2, 0.25) is 0 Å². The predicted octanol–water partition coefficient (Wildman–Crippen LogP) is 0.370. The van der Waals surface area contributed by atoms with Crippen LogP contribution >= 0.6 is 0 Å². The average molecular weight is 256 g/mol. The van der Waals surface area contributed by atoms with Crippen LogP contribution in [0.1, 0.15) is 25.6 Å². The van der Waals surface area contributed by atoms with Crippen LogP contribution in [0.25, 0.3) is 0 Å². The van der Waals surface area contributed by atoms with Crippen LogP contribution in [-0.2, 0) is 11.3 Å². The van der Waals surface area contributed by atoms with Crippen LogP contribution in [0.4, 0.5) is 4.79 Å². The van der Waals surface area contributed by atoms with Crippen LogP contribution in [0, 0.1) is 5.92 Å². The second kappa shape index (κ2) is 7.25. The van der Waals surface area contributed by atoms with Crippen molar-refractivity contribution in [3.05, 3.63) is 12.2 Å². The molecule has 1 rings (SSSR count). The van der Waals surface area contributed by atoms with Gasteiger partial charge in [-0.05, 0) is 6.42 Å². The summed E-state index contributed by atoms with van der Waals surface area (Å²) in [4.78, 5) is 25.9. The summed E-state index contributed by atoms with van der Waals surface area (Å²) in [5.41, 5.74) is 0. The third-order valence-electron chi connectivity index (χ3n) is 2.31. The van der Waals surface area contributed by atoms with Gasteiger partial charge in [0.05, 0.1) is 12.5 Å². The van der Waals surface area contributed by atoms with Crippen molar-refractivity contribution in [2.24, 2.45) is 5.92 Å². The number of aliphatic carboxylic acids is 1. The molecular weight excluding hydrogens is 240 g/mol. The molecule has 18 heavy (non-hydrogen) atoms. The number of carboxylic acids is 1. The van der Waals surface area contributed by atoms with E-state index in [1.165, 1.54) is 0 Å². The van der Waals surface area contributed by atoms with E-state index in [-0.39, 0.29) is 13.1 Å². The van der Waals surface area contributed by atoms with E-state index in [4.69, 9.17) is 5.11 Å². The van der Waals surface area contributed by atoms with Gasteiger partial charge in [-0.25, -0.2) is 4.79 Å². The van der Waals surface area contributed by atoms with Crippen molar-refractivity contribution in [2.45, 2.75) is 26.3 Å². The molecule has 1 atom stereocenters. The van der Waals surface area contributed by atoms with Gasteiger partial charge in [0, 0.05) is 6.54 Å². The summed E-state index contributed by atoms with van der Waals surface area (Å²) in [7, 11) is 0. The van der Waals surface area contributed by atoms with Crippen LogP contribution in [0.3, 0.4) is 0 Å². The van der Waals surface area contributed by atoms with Crippen molar-refractivity contribution in [3.8, 4) is 0 Å². The second-order valence-electron chi connectivity index (χ2n) is 3.73. The van der Waals surface area contributed by atoms with Crippen LogP contribution in [0.15, 0.2) is 10.9 Å². The maximum absolute atomic E-state index is 11.4. The highest BCUT2D eigenvalue weighted by molar-refractivity contribution is 5.75. The summed E-state index contributed by atoms with van der Waals surface area (Å²) < 4.78 is 4.50. The SMILES string of the molecule is CCCC(CNC(=O)NCc1ncon1)C(=O)O. The summed E-state index contributed by atoms with van der Waals surface area (Å²) in [6.45, 7) is 2.13. The highest BCUT2D eigenvalue weighted by atomic mass is 16.5. The Balaban J connectivity index is 2.25. The Morgan fingerprint density at radius 2 is 2.28 bits per heavy atom. The fourth-order valence-electron chi connectivity index (χ4n) is 1.37. The third-order valence-corrected chi connectivity index (χ3v) is 2.31. The van der Waals surface area contributed by atoms with E-state index in [2.05, 4.69) is 25.3 Å². The molecule has 100 valence electrons. The minimum Gasteiger partial charge on any atom is -0.481 e. The van der Waals surface area contributed by atoms with Gasteiger partial charge in [-0.2, -0.15) is 4.98 Å². The number of hydrogen-bond acceptors (Lipinski definition) is 5. The lowest BCUT2D eigenvalue weighted by molar-refractivity contribution is -0.141. The molecule has 0 spiro atoms. The van der Waals surface area contributed by atoms with Gasteiger partial charge in [0.15, 0.2) is 5.82 Å². The Hall–Kier alpha value is -2.12. The zero-order chi connectivity index (χ0) is 13.4. The van der Waals surface area contributed by atoms with Gasteiger partial charge in [0.25, 0.3) is 0 Å². The number of aromatic nitrogens is 2. The molecule has 1 heterocycles. The van der Waals surface area contributed by atoms with E-state index in [1.54, 1.807) is 0 Å². The Labute approximate surface area is 104 Å².